The second-order valence-corrected chi connectivity index (χ2v) is 9.36. The van der Waals surface area contributed by atoms with E-state index in [0.717, 1.165) is 37.8 Å². The van der Waals surface area contributed by atoms with Crippen LogP contribution in [0.25, 0.3) is 10.9 Å². The van der Waals surface area contributed by atoms with Crippen molar-refractivity contribution >= 4 is 39.2 Å². The van der Waals surface area contributed by atoms with Gasteiger partial charge in [0.15, 0.2) is 0 Å². The Morgan fingerprint density at radius 3 is 2.67 bits per heavy atom. The molecule has 2 heterocycles. The summed E-state index contributed by atoms with van der Waals surface area (Å²) in [6.45, 7) is 11.0. The molecule has 7 nitrogen and oxygen atoms in total. The first-order valence-electron chi connectivity index (χ1n) is 10.8. The zero-order valence-corrected chi connectivity index (χ0v) is 21.2. The third-order valence-electron chi connectivity index (χ3n) is 5.52. The Bertz CT molecular complexity index is 1220. The number of nitrogens with one attached hydrogen (secondary N) is 2. The highest BCUT2D eigenvalue weighted by molar-refractivity contribution is 9.10. The van der Waals surface area contributed by atoms with Crippen molar-refractivity contribution in [2.45, 2.75) is 47.2 Å². The lowest BCUT2D eigenvalue weighted by atomic mass is 10.1. The molecule has 1 aromatic carbocycles. The fourth-order valence-electron chi connectivity index (χ4n) is 3.85. The van der Waals surface area contributed by atoms with Crippen molar-refractivity contribution in [3.8, 4) is 0 Å². The Labute approximate surface area is 202 Å². The molecular weight excluding hydrogens is 482 g/mol. The number of carbonyl (C=O) groups is 2. The quantitative estimate of drug-likeness (QED) is 0.317. The highest BCUT2D eigenvalue weighted by Crippen LogP contribution is 2.31. The van der Waals surface area contributed by atoms with Gasteiger partial charge in [0, 0.05) is 46.7 Å². The molecule has 0 atom stereocenters. The number of amides is 2. The minimum absolute atomic E-state index is 0.129. The van der Waals surface area contributed by atoms with Crippen LogP contribution < -0.4 is 10.6 Å². The Hall–Kier alpha value is -3.13. The second-order valence-electron chi connectivity index (χ2n) is 8.44. The predicted octanol–water partition coefficient (Wildman–Crippen LogP) is 4.89. The molecular formula is C25H30BrN5O2. The molecule has 0 radical (unpaired) electrons. The summed E-state index contributed by atoms with van der Waals surface area (Å²) in [4.78, 5) is 24.1. The SMILES string of the molecule is C/C(=C/C(Cn1cccn1)=C(\C)CNC(=O)c1cc(Br)cc2c1c(C)cn2C(C)C)NC=O. The number of hydrogen-bond donors (Lipinski definition) is 2. The van der Waals surface area contributed by atoms with Gasteiger partial charge in [0.2, 0.25) is 6.41 Å². The van der Waals surface area contributed by atoms with E-state index >= 15 is 0 Å². The second kappa shape index (κ2) is 10.7. The van der Waals surface area contributed by atoms with Crippen molar-refractivity contribution in [1.29, 1.82) is 0 Å². The van der Waals surface area contributed by atoms with Gasteiger partial charge in [0.25, 0.3) is 5.91 Å². The Kier molecular flexibility index (Phi) is 7.92. The van der Waals surface area contributed by atoms with Gasteiger partial charge in [-0.05, 0) is 75.6 Å². The molecule has 2 aromatic heterocycles. The third kappa shape index (κ3) is 5.82. The van der Waals surface area contributed by atoms with Crippen LogP contribution in [0.3, 0.4) is 0 Å². The van der Waals surface area contributed by atoms with Gasteiger partial charge < -0.3 is 15.2 Å². The number of hydrogen-bond acceptors (Lipinski definition) is 3. The zero-order valence-electron chi connectivity index (χ0n) is 19.6. The molecule has 0 saturated carbocycles. The number of allylic oxidation sites excluding steroid dienone is 3. The average Bonchev–Trinajstić information content (AvgIpc) is 3.38. The summed E-state index contributed by atoms with van der Waals surface area (Å²) < 4.78 is 4.86. The van der Waals surface area contributed by atoms with Gasteiger partial charge in [-0.2, -0.15) is 5.10 Å². The van der Waals surface area contributed by atoms with Crippen LogP contribution in [0.5, 0.6) is 0 Å². The minimum atomic E-state index is -0.129. The van der Waals surface area contributed by atoms with Gasteiger partial charge >= 0.3 is 0 Å². The number of halogens is 1. The first-order chi connectivity index (χ1) is 15.7. The molecule has 0 spiro atoms. The number of aryl methyl sites for hydroxylation is 1. The molecule has 0 fully saturated rings. The molecule has 3 aromatic rings. The molecule has 0 saturated heterocycles. The third-order valence-corrected chi connectivity index (χ3v) is 5.98. The molecule has 0 aliphatic rings. The van der Waals surface area contributed by atoms with Crippen molar-refractivity contribution in [2.75, 3.05) is 6.54 Å². The lowest BCUT2D eigenvalue weighted by Gasteiger charge is -2.14. The van der Waals surface area contributed by atoms with Crippen molar-refractivity contribution in [1.82, 2.24) is 25.0 Å². The van der Waals surface area contributed by atoms with Gasteiger partial charge in [0.05, 0.1) is 17.6 Å². The highest BCUT2D eigenvalue weighted by Gasteiger charge is 2.18. The van der Waals surface area contributed by atoms with Gasteiger partial charge in [-0.15, -0.1) is 0 Å². The number of benzene rings is 1. The number of rotatable bonds is 9. The molecule has 33 heavy (non-hydrogen) atoms. The van der Waals surface area contributed by atoms with E-state index in [2.05, 4.69) is 62.3 Å². The predicted molar refractivity (Wildman–Crippen MR) is 135 cm³/mol. The van der Waals surface area contributed by atoms with Crippen molar-refractivity contribution in [3.63, 3.8) is 0 Å². The summed E-state index contributed by atoms with van der Waals surface area (Å²) in [5.74, 6) is -0.129. The van der Waals surface area contributed by atoms with Crippen molar-refractivity contribution in [2.24, 2.45) is 0 Å². The molecule has 0 aliphatic carbocycles. The van der Waals surface area contributed by atoms with Gasteiger partial charge in [-0.1, -0.05) is 15.9 Å². The van der Waals surface area contributed by atoms with E-state index in [9.17, 15) is 9.59 Å². The Balaban J connectivity index is 1.90. The van der Waals surface area contributed by atoms with Crippen molar-refractivity contribution < 1.29 is 9.59 Å². The smallest absolute Gasteiger partial charge is 0.252 e. The van der Waals surface area contributed by atoms with E-state index < -0.39 is 0 Å². The Morgan fingerprint density at radius 2 is 2.03 bits per heavy atom. The molecule has 3 rings (SSSR count). The summed E-state index contributed by atoms with van der Waals surface area (Å²) >= 11 is 3.57. The minimum Gasteiger partial charge on any atom is -0.348 e. The van der Waals surface area contributed by atoms with E-state index in [1.165, 1.54) is 0 Å². The van der Waals surface area contributed by atoms with Crippen LogP contribution in [0.4, 0.5) is 0 Å². The van der Waals surface area contributed by atoms with E-state index in [1.54, 1.807) is 10.9 Å². The van der Waals surface area contributed by atoms with Crippen LogP contribution in [0, 0.1) is 6.92 Å². The van der Waals surface area contributed by atoms with E-state index in [1.807, 2.05) is 45.2 Å². The highest BCUT2D eigenvalue weighted by atomic mass is 79.9. The standard InChI is InChI=1S/C25H30BrN5O2/c1-16(2)31-13-18(4)24-22(10-21(26)11-23(24)31)25(33)27-12-17(3)20(9-19(5)28-15-32)14-30-8-6-7-29-30/h6-11,13,15-16H,12,14H2,1-5H3,(H,27,33)(H,28,32)/b19-9-,20-17-. The van der Waals surface area contributed by atoms with E-state index in [-0.39, 0.29) is 11.9 Å². The molecule has 2 N–H and O–H groups in total. The number of fused-ring (bicyclic) bond motifs is 1. The topological polar surface area (TPSA) is 81.0 Å². The van der Waals surface area contributed by atoms with Gasteiger partial charge in [0.1, 0.15) is 0 Å². The fourth-order valence-corrected chi connectivity index (χ4v) is 4.30. The maximum atomic E-state index is 13.3. The maximum absolute atomic E-state index is 13.3. The lowest BCUT2D eigenvalue weighted by molar-refractivity contribution is -0.108. The maximum Gasteiger partial charge on any atom is 0.252 e. The van der Waals surface area contributed by atoms with Crippen LogP contribution in [0.1, 0.15) is 49.7 Å². The summed E-state index contributed by atoms with van der Waals surface area (Å²) in [5, 5.41) is 11.0. The summed E-state index contributed by atoms with van der Waals surface area (Å²) in [5.41, 5.74) is 5.42. The molecule has 0 unspecified atom stereocenters. The van der Waals surface area contributed by atoms with Crippen LogP contribution >= 0.6 is 15.9 Å². The normalized spacial score (nSPS) is 12.8. The summed E-state index contributed by atoms with van der Waals surface area (Å²) in [7, 11) is 0. The average molecular weight is 512 g/mol. The molecule has 174 valence electrons. The number of nitrogens with zero attached hydrogens (tertiary/aromatic N) is 3. The van der Waals surface area contributed by atoms with Crippen molar-refractivity contribution in [3.05, 3.63) is 75.3 Å². The van der Waals surface area contributed by atoms with E-state index in [4.69, 9.17) is 0 Å². The van der Waals surface area contributed by atoms with Crippen LogP contribution in [-0.4, -0.2) is 33.2 Å². The molecule has 0 aliphatic heterocycles. The first kappa shape index (κ1) is 24.5. The van der Waals surface area contributed by atoms with Gasteiger partial charge in [-0.25, -0.2) is 0 Å². The van der Waals surface area contributed by atoms with Crippen LogP contribution in [0.15, 0.2) is 64.2 Å². The zero-order chi connectivity index (χ0) is 24.1. The molecule has 2 amide bonds. The van der Waals surface area contributed by atoms with Gasteiger partial charge in [-0.3, -0.25) is 14.3 Å². The summed E-state index contributed by atoms with van der Waals surface area (Å²) in [6, 6.07) is 6.08. The number of aromatic nitrogens is 3. The first-order valence-corrected chi connectivity index (χ1v) is 11.6. The molecule has 8 heteroatoms. The van der Waals surface area contributed by atoms with E-state index in [0.29, 0.717) is 25.1 Å². The monoisotopic (exact) mass is 511 g/mol. The Morgan fingerprint density at radius 1 is 1.27 bits per heavy atom. The van der Waals surface area contributed by atoms with Crippen LogP contribution in [0.2, 0.25) is 0 Å². The largest absolute Gasteiger partial charge is 0.348 e. The summed E-state index contributed by atoms with van der Waals surface area (Å²) in [6.07, 6.45) is 8.25. The number of carbonyl (C=O) groups excluding carboxylic acids is 2. The van der Waals surface area contributed by atoms with Crippen LogP contribution in [-0.2, 0) is 11.3 Å². The lowest BCUT2D eigenvalue weighted by Crippen LogP contribution is -2.26. The fraction of sp³-hybridized carbons (Fsp3) is 0.320. The molecule has 0 bridgehead atoms.